The first-order chi connectivity index (χ1) is 17.0. The van der Waals surface area contributed by atoms with Crippen molar-refractivity contribution < 1.29 is 27.9 Å². The predicted octanol–water partition coefficient (Wildman–Crippen LogP) is 5.47. The van der Waals surface area contributed by atoms with Crippen LogP contribution in [0.3, 0.4) is 0 Å². The number of carboxylic acid groups (broad SMARTS) is 1. The Morgan fingerprint density at radius 1 is 1.06 bits per heavy atom. The van der Waals surface area contributed by atoms with Gasteiger partial charge in [0.15, 0.2) is 9.84 Å². The van der Waals surface area contributed by atoms with E-state index in [2.05, 4.69) is 0 Å². The Labute approximate surface area is 222 Å². The third kappa shape index (κ3) is 6.40. The van der Waals surface area contributed by atoms with Gasteiger partial charge >= 0.3 is 5.97 Å². The van der Waals surface area contributed by atoms with Gasteiger partial charge in [0.1, 0.15) is 12.2 Å². The Morgan fingerprint density at radius 2 is 1.72 bits per heavy atom. The highest BCUT2D eigenvalue weighted by atomic mass is 35.5. The van der Waals surface area contributed by atoms with Crippen LogP contribution in [0.4, 0.5) is 0 Å². The molecule has 2 aromatic carbocycles. The van der Waals surface area contributed by atoms with Gasteiger partial charge in [-0.05, 0) is 55.2 Å². The number of nitrogens with zero attached hydrogens (tertiary/aromatic N) is 1. The molecule has 0 bridgehead atoms. The van der Waals surface area contributed by atoms with Gasteiger partial charge in [-0.2, -0.15) is 0 Å². The van der Waals surface area contributed by atoms with Crippen LogP contribution in [0.5, 0.6) is 0 Å². The van der Waals surface area contributed by atoms with Crippen molar-refractivity contribution in [3.05, 3.63) is 69.7 Å². The van der Waals surface area contributed by atoms with Crippen molar-refractivity contribution in [2.24, 2.45) is 0 Å². The molecule has 36 heavy (non-hydrogen) atoms. The van der Waals surface area contributed by atoms with Crippen LogP contribution in [0.25, 0.3) is 0 Å². The van der Waals surface area contributed by atoms with Crippen molar-refractivity contribution in [1.29, 1.82) is 0 Å². The summed E-state index contributed by atoms with van der Waals surface area (Å²) in [5.41, 5.74) is 1.33. The molecule has 0 radical (unpaired) electrons. The van der Waals surface area contributed by atoms with Gasteiger partial charge in [0.2, 0.25) is 0 Å². The van der Waals surface area contributed by atoms with Gasteiger partial charge < -0.3 is 14.7 Å². The number of hydrogen-bond donors (Lipinski definition) is 1. The van der Waals surface area contributed by atoms with Gasteiger partial charge in [-0.25, -0.2) is 8.42 Å². The second kappa shape index (κ2) is 11.9. The number of rotatable bonds is 10. The second-order valence-corrected chi connectivity index (χ2v) is 12.4. The maximum Gasteiger partial charge on any atom is 0.306 e. The average Bonchev–Trinajstić information content (AvgIpc) is 2.83. The first-order valence-electron chi connectivity index (χ1n) is 11.9. The lowest BCUT2D eigenvalue weighted by Crippen LogP contribution is -2.56. The molecule has 1 saturated heterocycles. The number of hydrogen-bond acceptors (Lipinski definition) is 5. The number of carboxylic acids is 1. The number of aliphatic carboxylic acids is 1. The quantitative estimate of drug-likeness (QED) is 0.417. The van der Waals surface area contributed by atoms with E-state index in [-0.39, 0.29) is 5.75 Å². The molecular weight excluding hydrogens is 525 g/mol. The topological polar surface area (TPSA) is 101 Å². The molecule has 0 aliphatic carbocycles. The zero-order valence-electron chi connectivity index (χ0n) is 20.4. The predicted molar refractivity (Wildman–Crippen MR) is 140 cm³/mol. The van der Waals surface area contributed by atoms with Crippen molar-refractivity contribution >= 4 is 44.9 Å². The lowest BCUT2D eigenvalue weighted by molar-refractivity contribution is -0.182. The minimum absolute atomic E-state index is 0.240. The summed E-state index contributed by atoms with van der Waals surface area (Å²) in [7, 11) is -3.53. The minimum Gasteiger partial charge on any atom is -0.481 e. The van der Waals surface area contributed by atoms with Gasteiger partial charge in [-0.3, -0.25) is 9.59 Å². The Balaban J connectivity index is 2.20. The Bertz CT molecular complexity index is 1190. The van der Waals surface area contributed by atoms with Crippen LogP contribution in [0.2, 0.25) is 10.0 Å². The smallest absolute Gasteiger partial charge is 0.306 e. The Kier molecular flexibility index (Phi) is 9.44. The van der Waals surface area contributed by atoms with E-state index in [0.29, 0.717) is 34.0 Å². The second-order valence-electron chi connectivity index (χ2n) is 9.05. The lowest BCUT2D eigenvalue weighted by atomic mass is 9.89. The number of amides is 1. The molecule has 1 N–H and O–H groups in total. The van der Waals surface area contributed by atoms with Gasteiger partial charge in [0.05, 0.1) is 23.5 Å². The molecule has 1 aliphatic heterocycles. The molecule has 2 aromatic rings. The van der Waals surface area contributed by atoms with Crippen molar-refractivity contribution in [3.63, 3.8) is 0 Å². The summed E-state index contributed by atoms with van der Waals surface area (Å²) in [6.45, 7) is 5.28. The van der Waals surface area contributed by atoms with E-state index < -0.39 is 57.7 Å². The van der Waals surface area contributed by atoms with Crippen LogP contribution in [0.1, 0.15) is 63.3 Å². The first kappa shape index (κ1) is 28.4. The molecule has 1 heterocycles. The maximum absolute atomic E-state index is 13.8. The van der Waals surface area contributed by atoms with Gasteiger partial charge in [-0.1, -0.05) is 61.3 Å². The largest absolute Gasteiger partial charge is 0.481 e. The maximum atomic E-state index is 13.8. The summed E-state index contributed by atoms with van der Waals surface area (Å²) in [6, 6.07) is 12.4. The van der Waals surface area contributed by atoms with Crippen molar-refractivity contribution in [1.82, 2.24) is 4.90 Å². The number of carbonyl (C=O) groups excluding carboxylic acids is 1. The van der Waals surface area contributed by atoms with Crippen molar-refractivity contribution in [3.8, 4) is 0 Å². The normalized spacial score (nSPS) is 22.3. The molecule has 0 spiro atoms. The molecule has 0 aromatic heterocycles. The molecule has 1 amide bonds. The third-order valence-corrected chi connectivity index (χ3v) is 9.55. The van der Waals surface area contributed by atoms with Crippen LogP contribution in [0.15, 0.2) is 48.5 Å². The van der Waals surface area contributed by atoms with Crippen LogP contribution in [0, 0.1) is 0 Å². The van der Waals surface area contributed by atoms with Gasteiger partial charge in [0, 0.05) is 16.1 Å². The Hall–Kier alpha value is -2.13. The summed E-state index contributed by atoms with van der Waals surface area (Å²) >= 11 is 12.4. The number of halogens is 2. The van der Waals surface area contributed by atoms with E-state index in [4.69, 9.17) is 27.9 Å². The highest BCUT2D eigenvalue weighted by Gasteiger charge is 2.48. The number of ether oxygens (including phenoxy) is 1. The molecular formula is C26H31Cl2NO6S. The standard InChI is InChI=1S/C26H31Cl2NO6S/c1-4-16(3)36(33,34)15-21(5-2)29-24(17-9-11-19(27)12-10-17)25(18-7-6-8-20(28)13-18)35-22(26(29)32)14-23(30)31/h6-13,16,21-22,24-25H,4-5,14-15H2,1-3H3,(H,30,31)/t16-,21+,22+,24-,25-/m1/s1. The fourth-order valence-electron chi connectivity index (χ4n) is 4.48. The summed E-state index contributed by atoms with van der Waals surface area (Å²) in [5.74, 6) is -1.98. The number of benzene rings is 2. The monoisotopic (exact) mass is 555 g/mol. The molecule has 10 heteroatoms. The van der Waals surface area contributed by atoms with Crippen LogP contribution < -0.4 is 0 Å². The molecule has 5 atom stereocenters. The summed E-state index contributed by atoms with van der Waals surface area (Å²) in [4.78, 5) is 26.9. The molecule has 1 fully saturated rings. The van der Waals surface area contributed by atoms with E-state index in [1.54, 1.807) is 62.4 Å². The number of sulfone groups is 1. The molecule has 196 valence electrons. The Morgan fingerprint density at radius 3 is 2.28 bits per heavy atom. The summed E-state index contributed by atoms with van der Waals surface area (Å²) in [5, 5.41) is 9.87. The highest BCUT2D eigenvalue weighted by molar-refractivity contribution is 7.92. The fourth-order valence-corrected chi connectivity index (χ4v) is 6.57. The average molecular weight is 557 g/mol. The van der Waals surface area contributed by atoms with E-state index in [1.165, 1.54) is 4.90 Å². The molecule has 0 saturated carbocycles. The fraction of sp³-hybridized carbons (Fsp3) is 0.462. The zero-order valence-corrected chi connectivity index (χ0v) is 22.8. The summed E-state index contributed by atoms with van der Waals surface area (Å²) in [6.07, 6.45) is -1.81. The molecule has 0 unspecified atom stereocenters. The van der Waals surface area contributed by atoms with Gasteiger partial charge in [0.25, 0.3) is 5.91 Å². The van der Waals surface area contributed by atoms with Crippen molar-refractivity contribution in [2.75, 3.05) is 5.75 Å². The van der Waals surface area contributed by atoms with E-state index in [9.17, 15) is 23.1 Å². The van der Waals surface area contributed by atoms with Gasteiger partial charge in [-0.15, -0.1) is 0 Å². The van der Waals surface area contributed by atoms with Crippen LogP contribution in [-0.2, 0) is 24.2 Å². The minimum atomic E-state index is -3.53. The SMILES string of the molecule is CC[C@@H](CS(=O)(=O)[C@H](C)CC)N1C(=O)[C@H](CC(=O)O)O[C@H](c2cccc(Cl)c2)[C@H]1c1ccc(Cl)cc1. The van der Waals surface area contributed by atoms with Crippen LogP contribution in [-0.4, -0.2) is 53.4 Å². The first-order valence-corrected chi connectivity index (χ1v) is 14.4. The summed E-state index contributed by atoms with van der Waals surface area (Å²) < 4.78 is 32.4. The zero-order chi connectivity index (χ0) is 26.6. The molecule has 3 rings (SSSR count). The molecule has 7 nitrogen and oxygen atoms in total. The third-order valence-electron chi connectivity index (χ3n) is 6.65. The number of carbonyl (C=O) groups is 2. The highest BCUT2D eigenvalue weighted by Crippen LogP contribution is 2.44. The van der Waals surface area contributed by atoms with E-state index in [0.717, 1.165) is 0 Å². The van der Waals surface area contributed by atoms with E-state index in [1.807, 2.05) is 6.92 Å². The van der Waals surface area contributed by atoms with Crippen molar-refractivity contribution in [2.45, 2.75) is 69.6 Å². The van der Waals surface area contributed by atoms with E-state index >= 15 is 0 Å². The lowest BCUT2D eigenvalue weighted by Gasteiger charge is -2.48. The number of morpholine rings is 1. The van der Waals surface area contributed by atoms with Crippen LogP contribution >= 0.6 is 23.2 Å². The molecule has 1 aliphatic rings.